The van der Waals surface area contributed by atoms with E-state index in [1.165, 1.54) is 5.56 Å². The van der Waals surface area contributed by atoms with Gasteiger partial charge in [-0.1, -0.05) is 31.5 Å². The molecule has 0 fully saturated rings. The van der Waals surface area contributed by atoms with Gasteiger partial charge < -0.3 is 9.88 Å². The van der Waals surface area contributed by atoms with Crippen molar-refractivity contribution in [2.45, 2.75) is 33.0 Å². The Balaban J connectivity index is 2.44. The number of aromatic nitrogens is 1. The SMILES string of the molecule is CC(C)NCc1cn(CC#N)c2cc(Cl)ccc12. The van der Waals surface area contributed by atoms with Crippen LogP contribution in [0.3, 0.4) is 0 Å². The Hall–Kier alpha value is -1.50. The number of benzene rings is 1. The van der Waals surface area contributed by atoms with Crippen molar-refractivity contribution in [1.82, 2.24) is 9.88 Å². The predicted molar refractivity (Wildman–Crippen MR) is 74.5 cm³/mol. The minimum absolute atomic E-state index is 0.346. The van der Waals surface area contributed by atoms with Crippen molar-refractivity contribution in [3.8, 4) is 6.07 Å². The van der Waals surface area contributed by atoms with Gasteiger partial charge in [-0.3, -0.25) is 0 Å². The molecule has 0 radical (unpaired) electrons. The van der Waals surface area contributed by atoms with E-state index >= 15 is 0 Å². The molecule has 0 saturated heterocycles. The zero-order chi connectivity index (χ0) is 13.1. The number of nitrogens with one attached hydrogen (secondary N) is 1. The molecule has 0 unspecified atom stereocenters. The summed E-state index contributed by atoms with van der Waals surface area (Å²) in [6.07, 6.45) is 2.03. The van der Waals surface area contributed by atoms with E-state index in [2.05, 4.69) is 25.2 Å². The first-order valence-electron chi connectivity index (χ1n) is 5.99. The lowest BCUT2D eigenvalue weighted by Crippen LogP contribution is -2.21. The Bertz CT molecular complexity index is 593. The maximum Gasteiger partial charge on any atom is 0.110 e. The van der Waals surface area contributed by atoms with Gasteiger partial charge in [-0.15, -0.1) is 0 Å². The monoisotopic (exact) mass is 261 g/mol. The van der Waals surface area contributed by atoms with Gasteiger partial charge in [0.1, 0.15) is 6.54 Å². The molecule has 0 bridgehead atoms. The Labute approximate surface area is 112 Å². The fourth-order valence-corrected chi connectivity index (χ4v) is 2.17. The third kappa shape index (κ3) is 2.66. The molecule has 1 heterocycles. The summed E-state index contributed by atoms with van der Waals surface area (Å²) in [7, 11) is 0. The van der Waals surface area contributed by atoms with Crippen molar-refractivity contribution in [2.24, 2.45) is 0 Å². The van der Waals surface area contributed by atoms with Crippen LogP contribution in [0.1, 0.15) is 19.4 Å². The standard InChI is InChI=1S/C14H16ClN3/c1-10(2)17-8-11-9-18(6-5-16)14-7-12(15)3-4-13(11)14/h3-4,7,9-10,17H,6,8H2,1-2H3. The molecule has 0 aliphatic rings. The van der Waals surface area contributed by atoms with Crippen molar-refractivity contribution < 1.29 is 0 Å². The molecule has 0 aliphatic carbocycles. The van der Waals surface area contributed by atoms with Crippen LogP contribution in [0.25, 0.3) is 10.9 Å². The third-order valence-corrected chi connectivity index (χ3v) is 3.10. The Morgan fingerprint density at radius 1 is 1.44 bits per heavy atom. The van der Waals surface area contributed by atoms with Crippen LogP contribution in [0.4, 0.5) is 0 Å². The maximum absolute atomic E-state index is 8.86. The maximum atomic E-state index is 8.86. The van der Waals surface area contributed by atoms with E-state index in [0.29, 0.717) is 17.6 Å². The second-order valence-corrected chi connectivity index (χ2v) is 5.07. The van der Waals surface area contributed by atoms with Crippen molar-refractivity contribution in [2.75, 3.05) is 0 Å². The first kappa shape index (κ1) is 12.9. The first-order valence-corrected chi connectivity index (χ1v) is 6.37. The molecule has 2 rings (SSSR count). The number of nitrogens with zero attached hydrogens (tertiary/aromatic N) is 2. The molecule has 94 valence electrons. The van der Waals surface area contributed by atoms with E-state index < -0.39 is 0 Å². The summed E-state index contributed by atoms with van der Waals surface area (Å²) in [4.78, 5) is 0. The fraction of sp³-hybridized carbons (Fsp3) is 0.357. The molecule has 2 aromatic rings. The molecule has 0 saturated carbocycles. The predicted octanol–water partition coefficient (Wildman–Crippen LogP) is 3.32. The third-order valence-electron chi connectivity index (χ3n) is 2.87. The molecule has 0 atom stereocenters. The number of rotatable bonds is 4. The summed E-state index contributed by atoms with van der Waals surface area (Å²) < 4.78 is 1.94. The van der Waals surface area contributed by atoms with Crippen LogP contribution < -0.4 is 5.32 Å². The van der Waals surface area contributed by atoms with Crippen LogP contribution in [-0.2, 0) is 13.1 Å². The molecular formula is C14H16ClN3. The molecule has 18 heavy (non-hydrogen) atoms. The quantitative estimate of drug-likeness (QED) is 0.917. The van der Waals surface area contributed by atoms with E-state index in [9.17, 15) is 0 Å². The minimum atomic E-state index is 0.346. The van der Waals surface area contributed by atoms with Crippen molar-refractivity contribution >= 4 is 22.5 Å². The smallest absolute Gasteiger partial charge is 0.110 e. The number of fused-ring (bicyclic) bond motifs is 1. The van der Waals surface area contributed by atoms with Gasteiger partial charge in [0.2, 0.25) is 0 Å². The molecular weight excluding hydrogens is 246 g/mol. The van der Waals surface area contributed by atoms with Gasteiger partial charge in [0.15, 0.2) is 0 Å². The number of nitriles is 1. The molecule has 0 spiro atoms. The number of halogens is 1. The molecule has 1 N–H and O–H groups in total. The summed E-state index contributed by atoms with van der Waals surface area (Å²) in [5.74, 6) is 0. The fourth-order valence-electron chi connectivity index (χ4n) is 2.00. The van der Waals surface area contributed by atoms with E-state index in [4.69, 9.17) is 16.9 Å². The average Bonchev–Trinajstić information content (AvgIpc) is 2.65. The largest absolute Gasteiger partial charge is 0.333 e. The highest BCUT2D eigenvalue weighted by Gasteiger charge is 2.09. The summed E-state index contributed by atoms with van der Waals surface area (Å²) in [6, 6.07) is 8.42. The Morgan fingerprint density at radius 3 is 2.89 bits per heavy atom. The highest BCUT2D eigenvalue weighted by atomic mass is 35.5. The van der Waals surface area contributed by atoms with Crippen LogP contribution >= 0.6 is 11.6 Å². The normalized spacial score (nSPS) is 11.1. The van der Waals surface area contributed by atoms with Crippen molar-refractivity contribution in [3.05, 3.63) is 35.0 Å². The highest BCUT2D eigenvalue weighted by Crippen LogP contribution is 2.24. The summed E-state index contributed by atoms with van der Waals surface area (Å²) >= 11 is 6.02. The molecule has 1 aromatic carbocycles. The zero-order valence-electron chi connectivity index (χ0n) is 10.6. The Kier molecular flexibility index (Phi) is 3.90. The molecule has 0 aliphatic heterocycles. The van der Waals surface area contributed by atoms with E-state index in [0.717, 1.165) is 17.4 Å². The van der Waals surface area contributed by atoms with E-state index in [1.807, 2.05) is 29.0 Å². The second-order valence-electron chi connectivity index (χ2n) is 4.64. The lowest BCUT2D eigenvalue weighted by Gasteiger charge is -2.06. The van der Waals surface area contributed by atoms with Crippen LogP contribution in [-0.4, -0.2) is 10.6 Å². The zero-order valence-corrected chi connectivity index (χ0v) is 11.3. The molecule has 4 heteroatoms. The van der Waals surface area contributed by atoms with Gasteiger partial charge in [-0.2, -0.15) is 5.26 Å². The molecule has 1 aromatic heterocycles. The molecule has 0 amide bonds. The number of hydrogen-bond acceptors (Lipinski definition) is 2. The average molecular weight is 262 g/mol. The van der Waals surface area contributed by atoms with Gasteiger partial charge in [0.25, 0.3) is 0 Å². The Morgan fingerprint density at radius 2 is 2.22 bits per heavy atom. The highest BCUT2D eigenvalue weighted by molar-refractivity contribution is 6.31. The molecule has 3 nitrogen and oxygen atoms in total. The van der Waals surface area contributed by atoms with E-state index in [1.54, 1.807) is 0 Å². The van der Waals surface area contributed by atoms with Crippen LogP contribution in [0.5, 0.6) is 0 Å². The second kappa shape index (κ2) is 5.43. The van der Waals surface area contributed by atoms with Gasteiger partial charge in [0, 0.05) is 29.2 Å². The first-order chi connectivity index (χ1) is 8.61. The van der Waals surface area contributed by atoms with Gasteiger partial charge in [0.05, 0.1) is 11.6 Å². The summed E-state index contributed by atoms with van der Waals surface area (Å²) in [5.41, 5.74) is 2.22. The van der Waals surface area contributed by atoms with Crippen molar-refractivity contribution in [1.29, 1.82) is 5.26 Å². The van der Waals surface area contributed by atoms with Gasteiger partial charge >= 0.3 is 0 Å². The van der Waals surface area contributed by atoms with Crippen molar-refractivity contribution in [3.63, 3.8) is 0 Å². The summed E-state index contributed by atoms with van der Waals surface area (Å²) in [6.45, 7) is 5.38. The van der Waals surface area contributed by atoms with E-state index in [-0.39, 0.29) is 0 Å². The van der Waals surface area contributed by atoms with Crippen LogP contribution in [0.15, 0.2) is 24.4 Å². The summed E-state index contributed by atoms with van der Waals surface area (Å²) in [5, 5.41) is 14.1. The lowest BCUT2D eigenvalue weighted by atomic mass is 10.1. The van der Waals surface area contributed by atoms with Crippen LogP contribution in [0, 0.1) is 11.3 Å². The number of hydrogen-bond donors (Lipinski definition) is 1. The van der Waals surface area contributed by atoms with Gasteiger partial charge in [-0.25, -0.2) is 0 Å². The van der Waals surface area contributed by atoms with Crippen LogP contribution in [0.2, 0.25) is 5.02 Å². The lowest BCUT2D eigenvalue weighted by molar-refractivity contribution is 0.589. The topological polar surface area (TPSA) is 40.8 Å². The van der Waals surface area contributed by atoms with Gasteiger partial charge in [-0.05, 0) is 17.7 Å². The minimum Gasteiger partial charge on any atom is -0.333 e.